The molecule has 0 saturated heterocycles. The zero-order valence-corrected chi connectivity index (χ0v) is 8.77. The highest BCUT2D eigenvalue weighted by molar-refractivity contribution is 5.78. The standard InChI is InChI=1S/C7H12O.C4H8O/c8-7-5-3-1-2-4-6-7;1-3-4(2)5/h1-6H2;3H2,1-2H3. The summed E-state index contributed by atoms with van der Waals surface area (Å²) in [7, 11) is 0. The second-order valence-electron chi connectivity index (χ2n) is 3.51. The van der Waals surface area contributed by atoms with E-state index in [1.165, 1.54) is 12.8 Å². The van der Waals surface area contributed by atoms with Gasteiger partial charge in [-0.25, -0.2) is 0 Å². The van der Waals surface area contributed by atoms with Crippen LogP contribution in [0.3, 0.4) is 0 Å². The molecule has 1 saturated carbocycles. The van der Waals surface area contributed by atoms with Crippen LogP contribution in [0.1, 0.15) is 58.8 Å². The van der Waals surface area contributed by atoms with Crippen molar-refractivity contribution < 1.29 is 9.59 Å². The number of hydrogen-bond donors (Lipinski definition) is 0. The Bertz CT molecular complexity index is 151. The summed E-state index contributed by atoms with van der Waals surface area (Å²) in [4.78, 5) is 20.5. The summed E-state index contributed by atoms with van der Waals surface area (Å²) >= 11 is 0. The Morgan fingerprint density at radius 2 is 1.54 bits per heavy atom. The van der Waals surface area contributed by atoms with Crippen molar-refractivity contribution in [1.29, 1.82) is 0 Å². The van der Waals surface area contributed by atoms with Crippen molar-refractivity contribution in [1.82, 2.24) is 0 Å². The van der Waals surface area contributed by atoms with Crippen LogP contribution in [-0.4, -0.2) is 11.6 Å². The van der Waals surface area contributed by atoms with E-state index in [-0.39, 0.29) is 5.78 Å². The fourth-order valence-electron chi connectivity index (χ4n) is 1.12. The molecule has 2 heteroatoms. The Kier molecular flexibility index (Phi) is 7.56. The molecule has 0 unspecified atom stereocenters. The normalized spacial score (nSPS) is 16.9. The molecule has 2 nitrogen and oxygen atoms in total. The van der Waals surface area contributed by atoms with Crippen molar-refractivity contribution in [2.75, 3.05) is 0 Å². The molecule has 76 valence electrons. The van der Waals surface area contributed by atoms with E-state index < -0.39 is 0 Å². The number of carbonyl (C=O) groups excluding carboxylic acids is 2. The molecule has 0 aliphatic heterocycles. The molecule has 1 fully saturated rings. The fraction of sp³-hybridized carbons (Fsp3) is 0.818. The third kappa shape index (κ3) is 9.25. The lowest BCUT2D eigenvalue weighted by Crippen LogP contribution is -1.91. The van der Waals surface area contributed by atoms with Gasteiger partial charge in [-0.2, -0.15) is 0 Å². The van der Waals surface area contributed by atoms with Gasteiger partial charge in [-0.1, -0.05) is 19.8 Å². The molecule has 0 spiro atoms. The second-order valence-corrected chi connectivity index (χ2v) is 3.51. The number of rotatable bonds is 1. The van der Waals surface area contributed by atoms with Gasteiger partial charge in [-0.3, -0.25) is 4.79 Å². The third-order valence-corrected chi connectivity index (χ3v) is 2.16. The molecular weight excluding hydrogens is 164 g/mol. The molecule has 0 amide bonds. The first kappa shape index (κ1) is 12.3. The van der Waals surface area contributed by atoms with Crippen LogP contribution in [0.4, 0.5) is 0 Å². The average Bonchev–Trinajstić information content (AvgIpc) is 2.33. The first-order valence-corrected chi connectivity index (χ1v) is 5.18. The zero-order valence-electron chi connectivity index (χ0n) is 8.77. The minimum absolute atomic E-state index is 0.255. The molecule has 0 heterocycles. The van der Waals surface area contributed by atoms with Crippen molar-refractivity contribution >= 4 is 11.6 Å². The number of carbonyl (C=O) groups is 2. The maximum Gasteiger partial charge on any atom is 0.132 e. The van der Waals surface area contributed by atoms with Crippen LogP contribution in [0.5, 0.6) is 0 Å². The molecule has 0 radical (unpaired) electrons. The Labute approximate surface area is 80.7 Å². The van der Waals surface area contributed by atoms with Crippen LogP contribution in [-0.2, 0) is 9.59 Å². The molecule has 0 aromatic rings. The number of hydrogen-bond acceptors (Lipinski definition) is 2. The van der Waals surface area contributed by atoms with Gasteiger partial charge >= 0.3 is 0 Å². The van der Waals surface area contributed by atoms with E-state index in [0.29, 0.717) is 12.2 Å². The zero-order chi connectivity index (χ0) is 10.1. The highest BCUT2D eigenvalue weighted by Crippen LogP contribution is 2.12. The van der Waals surface area contributed by atoms with E-state index in [4.69, 9.17) is 0 Å². The molecular formula is C11H20O2. The predicted molar refractivity (Wildman–Crippen MR) is 53.7 cm³/mol. The van der Waals surface area contributed by atoms with E-state index in [1.54, 1.807) is 6.92 Å². The largest absolute Gasteiger partial charge is 0.300 e. The Morgan fingerprint density at radius 1 is 1.15 bits per heavy atom. The van der Waals surface area contributed by atoms with Crippen molar-refractivity contribution in [3.05, 3.63) is 0 Å². The van der Waals surface area contributed by atoms with E-state index in [2.05, 4.69) is 0 Å². The smallest absolute Gasteiger partial charge is 0.132 e. The van der Waals surface area contributed by atoms with Gasteiger partial charge in [0, 0.05) is 19.3 Å². The van der Waals surface area contributed by atoms with Crippen LogP contribution in [0, 0.1) is 0 Å². The molecule has 0 atom stereocenters. The van der Waals surface area contributed by atoms with Gasteiger partial charge in [0.25, 0.3) is 0 Å². The van der Waals surface area contributed by atoms with Crippen LogP contribution < -0.4 is 0 Å². The lowest BCUT2D eigenvalue weighted by molar-refractivity contribution is -0.119. The number of Topliss-reactive ketones (excluding diaryl/α,β-unsaturated/α-hetero) is 2. The summed E-state index contributed by atoms with van der Waals surface area (Å²) < 4.78 is 0. The molecule has 0 N–H and O–H groups in total. The summed E-state index contributed by atoms with van der Waals surface area (Å²) in [6.07, 6.45) is 7.18. The predicted octanol–water partition coefficient (Wildman–Crippen LogP) is 2.90. The van der Waals surface area contributed by atoms with Crippen LogP contribution in [0.2, 0.25) is 0 Å². The van der Waals surface area contributed by atoms with E-state index in [1.807, 2.05) is 6.92 Å². The van der Waals surface area contributed by atoms with Gasteiger partial charge < -0.3 is 4.79 Å². The topological polar surface area (TPSA) is 34.1 Å². The molecule has 0 aromatic carbocycles. The minimum atomic E-state index is 0.255. The van der Waals surface area contributed by atoms with E-state index >= 15 is 0 Å². The first-order valence-electron chi connectivity index (χ1n) is 5.18. The number of ketones is 2. The lowest BCUT2D eigenvalue weighted by atomic mass is 10.2. The van der Waals surface area contributed by atoms with Gasteiger partial charge in [0.15, 0.2) is 0 Å². The van der Waals surface area contributed by atoms with Crippen LogP contribution in [0.15, 0.2) is 0 Å². The van der Waals surface area contributed by atoms with Crippen molar-refractivity contribution in [2.24, 2.45) is 0 Å². The maximum absolute atomic E-state index is 10.7. The molecule has 13 heavy (non-hydrogen) atoms. The van der Waals surface area contributed by atoms with Gasteiger partial charge in [-0.15, -0.1) is 0 Å². The summed E-state index contributed by atoms with van der Waals surface area (Å²) in [6, 6.07) is 0. The maximum atomic E-state index is 10.7. The third-order valence-electron chi connectivity index (χ3n) is 2.16. The van der Waals surface area contributed by atoms with E-state index in [0.717, 1.165) is 25.7 Å². The molecule has 1 aliphatic rings. The van der Waals surface area contributed by atoms with Crippen molar-refractivity contribution in [2.45, 2.75) is 58.8 Å². The minimum Gasteiger partial charge on any atom is -0.300 e. The van der Waals surface area contributed by atoms with Gasteiger partial charge in [-0.05, 0) is 19.8 Å². The van der Waals surface area contributed by atoms with Crippen LogP contribution >= 0.6 is 0 Å². The van der Waals surface area contributed by atoms with Crippen molar-refractivity contribution in [3.8, 4) is 0 Å². The summed E-state index contributed by atoms with van der Waals surface area (Å²) in [5.41, 5.74) is 0. The summed E-state index contributed by atoms with van der Waals surface area (Å²) in [5.74, 6) is 0.729. The monoisotopic (exact) mass is 184 g/mol. The van der Waals surface area contributed by atoms with Gasteiger partial charge in [0.05, 0.1) is 0 Å². The van der Waals surface area contributed by atoms with Crippen molar-refractivity contribution in [3.63, 3.8) is 0 Å². The highest BCUT2D eigenvalue weighted by atomic mass is 16.1. The molecule has 0 aromatic heterocycles. The molecule has 1 aliphatic carbocycles. The highest BCUT2D eigenvalue weighted by Gasteiger charge is 2.04. The van der Waals surface area contributed by atoms with E-state index in [9.17, 15) is 9.59 Å². The molecule has 0 bridgehead atoms. The van der Waals surface area contributed by atoms with Crippen LogP contribution in [0.25, 0.3) is 0 Å². The molecule has 1 rings (SSSR count). The average molecular weight is 184 g/mol. The summed E-state index contributed by atoms with van der Waals surface area (Å²) in [6.45, 7) is 3.43. The van der Waals surface area contributed by atoms with Gasteiger partial charge in [0.2, 0.25) is 0 Å². The Morgan fingerprint density at radius 3 is 1.85 bits per heavy atom. The fourth-order valence-corrected chi connectivity index (χ4v) is 1.12. The first-order chi connectivity index (χ1) is 6.16. The lowest BCUT2D eigenvalue weighted by Gasteiger charge is -1.87. The second kappa shape index (κ2) is 7.96. The Hall–Kier alpha value is -0.660. The van der Waals surface area contributed by atoms with Gasteiger partial charge in [0.1, 0.15) is 11.6 Å². The SMILES string of the molecule is CCC(C)=O.O=C1CCCCCC1. The Balaban J connectivity index is 0.000000252. The quantitative estimate of drug-likeness (QED) is 0.587. The summed E-state index contributed by atoms with van der Waals surface area (Å²) in [5, 5.41) is 0.